The minimum Gasteiger partial charge on any atom is -0.497 e. The molecule has 0 N–H and O–H groups in total. The number of benzene rings is 1. The van der Waals surface area contributed by atoms with E-state index in [4.69, 9.17) is 9.47 Å². The van der Waals surface area contributed by atoms with E-state index in [1.54, 1.807) is 25.3 Å². The van der Waals surface area contributed by atoms with E-state index in [9.17, 15) is 14.9 Å². The summed E-state index contributed by atoms with van der Waals surface area (Å²) in [5.41, 5.74) is 0.230. The molecule has 0 aromatic heterocycles. The van der Waals surface area contributed by atoms with Crippen LogP contribution in [0.2, 0.25) is 0 Å². The van der Waals surface area contributed by atoms with Gasteiger partial charge >= 0.3 is 0 Å². The SMILES string of the molecule is COc1ccc(OC)c(C(C[N+](=O)[O-])[C@H]2CCCC(C)(C)C2=O)c1. The first kappa shape index (κ1) is 18.2. The van der Waals surface area contributed by atoms with Crippen molar-refractivity contribution in [2.24, 2.45) is 11.3 Å². The fraction of sp³-hybridized carbons (Fsp3) is 0.611. The van der Waals surface area contributed by atoms with Crippen molar-refractivity contribution in [3.05, 3.63) is 33.9 Å². The Morgan fingerprint density at radius 3 is 2.62 bits per heavy atom. The Kier molecular flexibility index (Phi) is 5.47. The molecule has 0 amide bonds. The molecule has 6 nitrogen and oxygen atoms in total. The second-order valence-corrected chi connectivity index (χ2v) is 6.98. The topological polar surface area (TPSA) is 78.7 Å². The molecule has 6 heteroatoms. The maximum atomic E-state index is 12.9. The molecular formula is C18H25NO5. The smallest absolute Gasteiger partial charge is 0.211 e. The number of hydrogen-bond donors (Lipinski definition) is 0. The van der Waals surface area contributed by atoms with E-state index in [0.717, 1.165) is 12.8 Å². The summed E-state index contributed by atoms with van der Waals surface area (Å²) in [5.74, 6) is 0.364. The van der Waals surface area contributed by atoms with Gasteiger partial charge < -0.3 is 9.47 Å². The molecule has 1 fully saturated rings. The molecule has 1 aliphatic carbocycles. The second-order valence-electron chi connectivity index (χ2n) is 6.98. The molecule has 1 unspecified atom stereocenters. The van der Waals surface area contributed by atoms with Crippen LogP contribution in [0.4, 0.5) is 0 Å². The summed E-state index contributed by atoms with van der Waals surface area (Å²) in [5, 5.41) is 11.3. The number of nitrogens with zero attached hydrogens (tertiary/aromatic N) is 1. The summed E-state index contributed by atoms with van der Waals surface area (Å²) < 4.78 is 10.7. The number of rotatable bonds is 6. The van der Waals surface area contributed by atoms with E-state index >= 15 is 0 Å². The Hall–Kier alpha value is -2.11. The van der Waals surface area contributed by atoms with E-state index in [-0.39, 0.29) is 23.2 Å². The van der Waals surface area contributed by atoms with Gasteiger partial charge in [0.25, 0.3) is 0 Å². The highest BCUT2D eigenvalue weighted by Crippen LogP contribution is 2.44. The number of hydrogen-bond acceptors (Lipinski definition) is 5. The van der Waals surface area contributed by atoms with Crippen molar-refractivity contribution in [3.8, 4) is 11.5 Å². The van der Waals surface area contributed by atoms with Gasteiger partial charge in [0.1, 0.15) is 17.3 Å². The van der Waals surface area contributed by atoms with Gasteiger partial charge in [-0.05, 0) is 31.0 Å². The van der Waals surface area contributed by atoms with Gasteiger partial charge in [-0.15, -0.1) is 0 Å². The number of carbonyl (C=O) groups is 1. The van der Waals surface area contributed by atoms with Gasteiger partial charge in [0.05, 0.1) is 20.1 Å². The summed E-state index contributed by atoms with van der Waals surface area (Å²) in [6.45, 7) is 3.55. The number of methoxy groups -OCH3 is 2. The summed E-state index contributed by atoms with van der Waals surface area (Å²) in [6.07, 6.45) is 2.38. The third-order valence-corrected chi connectivity index (χ3v) is 4.99. The largest absolute Gasteiger partial charge is 0.497 e. The lowest BCUT2D eigenvalue weighted by Crippen LogP contribution is -2.40. The van der Waals surface area contributed by atoms with Gasteiger partial charge in [0, 0.05) is 21.8 Å². The zero-order valence-electron chi connectivity index (χ0n) is 14.7. The molecule has 1 aromatic rings. The highest BCUT2D eigenvalue weighted by Gasteiger charge is 2.43. The lowest BCUT2D eigenvalue weighted by Gasteiger charge is -2.36. The van der Waals surface area contributed by atoms with Crippen molar-refractivity contribution in [1.29, 1.82) is 0 Å². The van der Waals surface area contributed by atoms with Crippen LogP contribution in [-0.4, -0.2) is 31.5 Å². The number of nitro groups is 1. The maximum absolute atomic E-state index is 12.9. The van der Waals surface area contributed by atoms with Crippen LogP contribution in [0.15, 0.2) is 18.2 Å². The Bertz CT molecular complexity index is 626. The molecule has 2 rings (SSSR count). The van der Waals surface area contributed by atoms with Crippen LogP contribution >= 0.6 is 0 Å². The van der Waals surface area contributed by atoms with Crippen LogP contribution in [0.5, 0.6) is 11.5 Å². The second kappa shape index (κ2) is 7.20. The van der Waals surface area contributed by atoms with Crippen molar-refractivity contribution in [2.75, 3.05) is 20.8 Å². The van der Waals surface area contributed by atoms with Gasteiger partial charge in [-0.1, -0.05) is 20.3 Å². The van der Waals surface area contributed by atoms with Crippen molar-refractivity contribution in [1.82, 2.24) is 0 Å². The predicted molar refractivity (Wildman–Crippen MR) is 90.3 cm³/mol. The molecule has 132 valence electrons. The van der Waals surface area contributed by atoms with E-state index in [1.807, 2.05) is 13.8 Å². The lowest BCUT2D eigenvalue weighted by atomic mass is 9.66. The predicted octanol–water partition coefficient (Wildman–Crippen LogP) is 3.46. The molecule has 0 heterocycles. The summed E-state index contributed by atoms with van der Waals surface area (Å²) >= 11 is 0. The van der Waals surface area contributed by atoms with Crippen LogP contribution in [0.1, 0.15) is 44.6 Å². The maximum Gasteiger partial charge on any atom is 0.211 e. The fourth-order valence-electron chi connectivity index (χ4n) is 3.64. The van der Waals surface area contributed by atoms with Crippen molar-refractivity contribution >= 4 is 5.78 Å². The van der Waals surface area contributed by atoms with Crippen molar-refractivity contribution in [3.63, 3.8) is 0 Å². The van der Waals surface area contributed by atoms with E-state index < -0.39 is 11.3 Å². The number of carbonyl (C=O) groups excluding carboxylic acids is 1. The van der Waals surface area contributed by atoms with E-state index in [2.05, 4.69) is 0 Å². The molecule has 24 heavy (non-hydrogen) atoms. The van der Waals surface area contributed by atoms with E-state index in [1.165, 1.54) is 7.11 Å². The van der Waals surface area contributed by atoms with Crippen LogP contribution in [0.25, 0.3) is 0 Å². The lowest BCUT2D eigenvalue weighted by molar-refractivity contribution is -0.484. The van der Waals surface area contributed by atoms with Gasteiger partial charge in [-0.3, -0.25) is 14.9 Å². The summed E-state index contributed by atoms with van der Waals surface area (Å²) in [7, 11) is 3.07. The number of ketones is 1. The molecule has 1 aliphatic rings. The minimum absolute atomic E-state index is 0.102. The standard InChI is InChI=1S/C18H25NO5/c1-18(2)9-5-6-13(17(18)20)15(11-19(21)22)14-10-12(23-3)7-8-16(14)24-4/h7-8,10,13,15H,5-6,9,11H2,1-4H3/t13-,15?/m1/s1. The monoisotopic (exact) mass is 335 g/mol. The van der Waals surface area contributed by atoms with Gasteiger partial charge in [-0.25, -0.2) is 0 Å². The summed E-state index contributed by atoms with van der Waals surface area (Å²) in [4.78, 5) is 23.8. The minimum atomic E-state index is -0.517. The molecule has 1 aromatic carbocycles. The van der Waals surface area contributed by atoms with Crippen LogP contribution in [0.3, 0.4) is 0 Å². The first-order valence-electron chi connectivity index (χ1n) is 8.18. The zero-order valence-corrected chi connectivity index (χ0v) is 14.7. The summed E-state index contributed by atoms with van der Waals surface area (Å²) in [6, 6.07) is 5.24. The van der Waals surface area contributed by atoms with Crippen LogP contribution in [0, 0.1) is 21.4 Å². The molecule has 0 bridgehead atoms. The first-order valence-corrected chi connectivity index (χ1v) is 8.18. The third-order valence-electron chi connectivity index (χ3n) is 4.99. The Labute approximate surface area is 142 Å². The molecule has 0 saturated heterocycles. The van der Waals surface area contributed by atoms with Crippen molar-refractivity contribution in [2.45, 2.75) is 39.0 Å². The third kappa shape index (κ3) is 3.68. The van der Waals surface area contributed by atoms with Gasteiger partial charge in [-0.2, -0.15) is 0 Å². The number of Topliss-reactive ketones (excluding diaryl/α,β-unsaturated/α-hetero) is 1. The molecule has 1 saturated carbocycles. The fourth-order valence-corrected chi connectivity index (χ4v) is 3.64. The first-order chi connectivity index (χ1) is 11.3. The molecule has 0 spiro atoms. The average molecular weight is 335 g/mol. The van der Waals surface area contributed by atoms with Crippen molar-refractivity contribution < 1.29 is 19.2 Å². The molecule has 2 atom stereocenters. The highest BCUT2D eigenvalue weighted by molar-refractivity contribution is 5.88. The highest BCUT2D eigenvalue weighted by atomic mass is 16.6. The van der Waals surface area contributed by atoms with Gasteiger partial charge in [0.2, 0.25) is 6.54 Å². The normalized spacial score (nSPS) is 21.2. The average Bonchev–Trinajstić information content (AvgIpc) is 2.54. The Morgan fingerprint density at radius 2 is 2.04 bits per heavy atom. The van der Waals surface area contributed by atoms with Crippen LogP contribution < -0.4 is 9.47 Å². The molecular weight excluding hydrogens is 310 g/mol. The zero-order chi connectivity index (χ0) is 17.9. The molecule has 0 aliphatic heterocycles. The Morgan fingerprint density at radius 1 is 1.33 bits per heavy atom. The number of ether oxygens (including phenoxy) is 2. The van der Waals surface area contributed by atoms with Gasteiger partial charge in [0.15, 0.2) is 0 Å². The molecule has 0 radical (unpaired) electrons. The van der Waals surface area contributed by atoms with Crippen LogP contribution in [-0.2, 0) is 4.79 Å². The Balaban J connectivity index is 2.49. The quantitative estimate of drug-likeness (QED) is 0.587. The van der Waals surface area contributed by atoms with E-state index in [0.29, 0.717) is 23.5 Å².